The van der Waals surface area contributed by atoms with Crippen LogP contribution in [0.1, 0.15) is 38.7 Å². The molecule has 4 atom stereocenters. The topological polar surface area (TPSA) is 89.9 Å². The SMILES string of the molecule is CCOC(=O)[C@@H]1C(=O)C[C@](C)(O)[C@H](C(=O)OCC)[C@H]1c1ccc(F)cc1. The Kier molecular flexibility index (Phi) is 6.13. The summed E-state index contributed by atoms with van der Waals surface area (Å²) in [4.78, 5) is 37.6. The lowest BCUT2D eigenvalue weighted by molar-refractivity contribution is -0.172. The average molecular weight is 366 g/mol. The summed E-state index contributed by atoms with van der Waals surface area (Å²) in [7, 11) is 0. The number of carbonyl (C=O) groups excluding carboxylic acids is 3. The van der Waals surface area contributed by atoms with Gasteiger partial charge in [-0.1, -0.05) is 12.1 Å². The van der Waals surface area contributed by atoms with Crippen LogP contribution in [0.4, 0.5) is 4.39 Å². The maximum absolute atomic E-state index is 13.3. The molecule has 0 unspecified atom stereocenters. The van der Waals surface area contributed by atoms with Gasteiger partial charge in [0.1, 0.15) is 11.7 Å². The lowest BCUT2D eigenvalue weighted by Gasteiger charge is -2.43. The Balaban J connectivity index is 2.59. The van der Waals surface area contributed by atoms with Gasteiger partial charge in [0.05, 0.1) is 24.7 Å². The lowest BCUT2D eigenvalue weighted by Crippen LogP contribution is -2.55. The van der Waals surface area contributed by atoms with Gasteiger partial charge in [-0.15, -0.1) is 0 Å². The first kappa shape index (κ1) is 20.0. The standard InChI is InChI=1S/C19H23FO6/c1-4-25-17(22)15-13(21)10-19(3,24)16(18(23)26-5-2)14(15)11-6-8-12(20)9-7-11/h6-9,14-16,24H,4-5,10H2,1-3H3/t14-,15+,16-,19-/m0/s1. The highest BCUT2D eigenvalue weighted by molar-refractivity contribution is 6.02. The third-order valence-corrected chi connectivity index (χ3v) is 4.60. The van der Waals surface area contributed by atoms with E-state index in [4.69, 9.17) is 9.47 Å². The number of carbonyl (C=O) groups is 3. The van der Waals surface area contributed by atoms with Crippen molar-refractivity contribution in [3.8, 4) is 0 Å². The Morgan fingerprint density at radius 1 is 1.15 bits per heavy atom. The fraction of sp³-hybridized carbons (Fsp3) is 0.526. The highest BCUT2D eigenvalue weighted by atomic mass is 19.1. The number of rotatable bonds is 5. The van der Waals surface area contributed by atoms with Gasteiger partial charge >= 0.3 is 11.9 Å². The van der Waals surface area contributed by atoms with E-state index in [-0.39, 0.29) is 19.6 Å². The summed E-state index contributed by atoms with van der Waals surface area (Å²) in [5.74, 6) is -5.95. The van der Waals surface area contributed by atoms with E-state index in [9.17, 15) is 23.9 Å². The molecule has 26 heavy (non-hydrogen) atoms. The molecule has 1 fully saturated rings. The summed E-state index contributed by atoms with van der Waals surface area (Å²) in [5.41, 5.74) is -1.32. The second-order valence-corrected chi connectivity index (χ2v) is 6.54. The highest BCUT2D eigenvalue weighted by Crippen LogP contribution is 2.46. The zero-order valence-electron chi connectivity index (χ0n) is 15.0. The van der Waals surface area contributed by atoms with Crippen LogP contribution in [0, 0.1) is 17.7 Å². The molecule has 7 heteroatoms. The number of aliphatic hydroxyl groups is 1. The summed E-state index contributed by atoms with van der Waals surface area (Å²) in [6.45, 7) is 4.75. The molecule has 0 aromatic heterocycles. The van der Waals surface area contributed by atoms with Gasteiger partial charge in [-0.3, -0.25) is 14.4 Å². The first-order valence-electron chi connectivity index (χ1n) is 8.56. The molecule has 0 bridgehead atoms. The number of ether oxygens (including phenoxy) is 2. The van der Waals surface area contributed by atoms with Crippen molar-refractivity contribution in [3.05, 3.63) is 35.6 Å². The van der Waals surface area contributed by atoms with Crippen LogP contribution in [0.25, 0.3) is 0 Å². The maximum atomic E-state index is 13.3. The van der Waals surface area contributed by atoms with Crippen LogP contribution >= 0.6 is 0 Å². The number of esters is 2. The molecule has 6 nitrogen and oxygen atoms in total. The number of ketones is 1. The van der Waals surface area contributed by atoms with Crippen LogP contribution in [0.3, 0.4) is 0 Å². The van der Waals surface area contributed by atoms with Gasteiger partial charge in [-0.25, -0.2) is 4.39 Å². The minimum atomic E-state index is -1.70. The zero-order chi connectivity index (χ0) is 19.5. The summed E-state index contributed by atoms with van der Waals surface area (Å²) in [6.07, 6.45) is -0.377. The van der Waals surface area contributed by atoms with E-state index in [0.29, 0.717) is 5.56 Å². The summed E-state index contributed by atoms with van der Waals surface area (Å²) in [6, 6.07) is 5.14. The Hall–Kier alpha value is -2.28. The fourth-order valence-electron chi connectivity index (χ4n) is 3.56. The van der Waals surface area contributed by atoms with Crippen LogP contribution in [-0.4, -0.2) is 41.6 Å². The van der Waals surface area contributed by atoms with E-state index >= 15 is 0 Å². The molecule has 1 aliphatic carbocycles. The van der Waals surface area contributed by atoms with Crippen LogP contribution < -0.4 is 0 Å². The van der Waals surface area contributed by atoms with Crippen LogP contribution in [0.15, 0.2) is 24.3 Å². The number of Topliss-reactive ketones (excluding diaryl/α,β-unsaturated/α-hetero) is 1. The van der Waals surface area contributed by atoms with E-state index < -0.39 is 46.9 Å². The average Bonchev–Trinajstić information content (AvgIpc) is 2.54. The van der Waals surface area contributed by atoms with Gasteiger partial charge in [0.2, 0.25) is 0 Å². The molecule has 0 heterocycles. The van der Waals surface area contributed by atoms with Gasteiger partial charge in [-0.2, -0.15) is 0 Å². The molecule has 1 saturated carbocycles. The molecule has 1 aromatic carbocycles. The van der Waals surface area contributed by atoms with E-state index in [1.807, 2.05) is 0 Å². The molecule has 0 spiro atoms. The van der Waals surface area contributed by atoms with Crippen molar-refractivity contribution in [2.24, 2.45) is 11.8 Å². The van der Waals surface area contributed by atoms with Crippen LogP contribution in [0.5, 0.6) is 0 Å². The van der Waals surface area contributed by atoms with E-state index in [2.05, 4.69) is 0 Å². The van der Waals surface area contributed by atoms with Gasteiger partial charge in [0.25, 0.3) is 0 Å². The molecule has 1 aliphatic rings. The Morgan fingerprint density at radius 3 is 2.23 bits per heavy atom. The van der Waals surface area contributed by atoms with Crippen LogP contribution in [0.2, 0.25) is 0 Å². The van der Waals surface area contributed by atoms with Crippen molar-refractivity contribution in [1.82, 2.24) is 0 Å². The summed E-state index contributed by atoms with van der Waals surface area (Å²) >= 11 is 0. The van der Waals surface area contributed by atoms with Crippen LogP contribution in [-0.2, 0) is 23.9 Å². The number of benzene rings is 1. The molecule has 0 aliphatic heterocycles. The number of hydrogen-bond acceptors (Lipinski definition) is 6. The predicted octanol–water partition coefficient (Wildman–Crippen LogP) is 1.99. The minimum Gasteiger partial charge on any atom is -0.466 e. The third-order valence-electron chi connectivity index (χ3n) is 4.60. The van der Waals surface area contributed by atoms with Crippen molar-refractivity contribution >= 4 is 17.7 Å². The zero-order valence-corrected chi connectivity index (χ0v) is 15.0. The fourth-order valence-corrected chi connectivity index (χ4v) is 3.56. The van der Waals surface area contributed by atoms with E-state index in [1.165, 1.54) is 31.2 Å². The summed E-state index contributed by atoms with van der Waals surface area (Å²) < 4.78 is 23.4. The van der Waals surface area contributed by atoms with Gasteiger partial charge in [-0.05, 0) is 38.5 Å². The normalized spacial score (nSPS) is 28.5. The van der Waals surface area contributed by atoms with Crippen molar-refractivity contribution in [1.29, 1.82) is 0 Å². The minimum absolute atomic E-state index is 0.0687. The first-order chi connectivity index (χ1) is 12.2. The number of halogens is 1. The van der Waals surface area contributed by atoms with Crippen molar-refractivity contribution in [2.75, 3.05) is 13.2 Å². The predicted molar refractivity (Wildman–Crippen MR) is 89.6 cm³/mol. The largest absolute Gasteiger partial charge is 0.466 e. The molecule has 0 radical (unpaired) electrons. The van der Waals surface area contributed by atoms with Gasteiger partial charge < -0.3 is 14.6 Å². The quantitative estimate of drug-likeness (QED) is 0.633. The van der Waals surface area contributed by atoms with Gasteiger partial charge in [0.15, 0.2) is 5.78 Å². The molecule has 1 aromatic rings. The molecule has 1 N–H and O–H groups in total. The Morgan fingerprint density at radius 2 is 1.69 bits per heavy atom. The molecule has 2 rings (SSSR count). The second kappa shape index (κ2) is 7.95. The molecular formula is C19H23FO6. The van der Waals surface area contributed by atoms with Crippen molar-refractivity contribution < 1.29 is 33.4 Å². The van der Waals surface area contributed by atoms with E-state index in [0.717, 1.165) is 0 Å². The maximum Gasteiger partial charge on any atom is 0.317 e. The lowest BCUT2D eigenvalue weighted by atomic mass is 9.62. The number of hydrogen-bond donors (Lipinski definition) is 1. The highest BCUT2D eigenvalue weighted by Gasteiger charge is 2.57. The monoisotopic (exact) mass is 366 g/mol. The van der Waals surface area contributed by atoms with Crippen molar-refractivity contribution in [2.45, 2.75) is 38.7 Å². The Labute approximate surface area is 151 Å². The first-order valence-corrected chi connectivity index (χ1v) is 8.56. The third kappa shape index (κ3) is 3.93. The molecule has 0 saturated heterocycles. The molecular weight excluding hydrogens is 343 g/mol. The Bertz CT molecular complexity index is 682. The molecule has 0 amide bonds. The van der Waals surface area contributed by atoms with Crippen molar-refractivity contribution in [3.63, 3.8) is 0 Å². The molecule has 142 valence electrons. The summed E-state index contributed by atoms with van der Waals surface area (Å²) in [5, 5.41) is 10.8. The van der Waals surface area contributed by atoms with E-state index in [1.54, 1.807) is 13.8 Å². The second-order valence-electron chi connectivity index (χ2n) is 6.54. The van der Waals surface area contributed by atoms with Gasteiger partial charge in [0, 0.05) is 12.3 Å². The smallest absolute Gasteiger partial charge is 0.317 e.